The standard InChI is InChI=1S/C23H26N4O3S/c1-2-24-21(29)16-9-8-10-17(15-16)25-20(28)13-4-3-7-14-27-22(30)18-11-5-6-12-19(18)26-23(27)31/h5-6,8-12,15H,2-4,7,13-14H2,1H3,(H,24,29)(H,25,28)(H,26,31). The van der Waals surface area contributed by atoms with Gasteiger partial charge in [0, 0.05) is 30.8 Å². The Labute approximate surface area is 185 Å². The number of anilines is 1. The van der Waals surface area contributed by atoms with Crippen LogP contribution in [0.25, 0.3) is 10.9 Å². The van der Waals surface area contributed by atoms with Crippen LogP contribution in [-0.2, 0) is 11.3 Å². The molecular formula is C23H26N4O3S. The summed E-state index contributed by atoms with van der Waals surface area (Å²) in [6.07, 6.45) is 2.60. The molecule has 0 saturated heterocycles. The van der Waals surface area contributed by atoms with E-state index in [4.69, 9.17) is 12.2 Å². The lowest BCUT2D eigenvalue weighted by Gasteiger charge is -2.09. The van der Waals surface area contributed by atoms with Crippen LogP contribution in [0.1, 0.15) is 43.0 Å². The first-order chi connectivity index (χ1) is 15.0. The smallest absolute Gasteiger partial charge is 0.262 e. The second-order valence-corrected chi connectivity index (χ2v) is 7.62. The lowest BCUT2D eigenvalue weighted by atomic mass is 10.1. The molecule has 1 aromatic heterocycles. The maximum Gasteiger partial charge on any atom is 0.262 e. The number of fused-ring (bicyclic) bond motifs is 1. The highest BCUT2D eigenvalue weighted by atomic mass is 32.1. The van der Waals surface area contributed by atoms with Gasteiger partial charge in [0.2, 0.25) is 5.91 Å². The molecule has 0 bridgehead atoms. The van der Waals surface area contributed by atoms with Gasteiger partial charge in [-0.15, -0.1) is 0 Å². The minimum atomic E-state index is -0.166. The fourth-order valence-electron chi connectivity index (χ4n) is 3.36. The number of hydrogen-bond donors (Lipinski definition) is 3. The Bertz CT molecular complexity index is 1200. The summed E-state index contributed by atoms with van der Waals surface area (Å²) in [6.45, 7) is 2.91. The van der Waals surface area contributed by atoms with E-state index in [1.165, 1.54) is 0 Å². The van der Waals surface area contributed by atoms with E-state index >= 15 is 0 Å². The Morgan fingerprint density at radius 1 is 1.06 bits per heavy atom. The molecule has 31 heavy (non-hydrogen) atoms. The summed E-state index contributed by atoms with van der Waals surface area (Å²) in [4.78, 5) is 39.8. The zero-order valence-electron chi connectivity index (χ0n) is 17.4. The Morgan fingerprint density at radius 3 is 2.68 bits per heavy atom. The van der Waals surface area contributed by atoms with E-state index in [-0.39, 0.29) is 17.4 Å². The number of benzene rings is 2. The minimum Gasteiger partial charge on any atom is -0.352 e. The molecule has 3 N–H and O–H groups in total. The third-order valence-corrected chi connectivity index (χ3v) is 5.24. The molecular weight excluding hydrogens is 412 g/mol. The average Bonchev–Trinajstić information content (AvgIpc) is 2.76. The van der Waals surface area contributed by atoms with Gasteiger partial charge < -0.3 is 15.6 Å². The molecule has 0 radical (unpaired) electrons. The predicted octanol–water partition coefficient (Wildman–Crippen LogP) is 4.01. The zero-order valence-corrected chi connectivity index (χ0v) is 18.3. The number of unbranched alkanes of at least 4 members (excludes halogenated alkanes) is 2. The number of para-hydroxylation sites is 1. The third-order valence-electron chi connectivity index (χ3n) is 4.92. The zero-order chi connectivity index (χ0) is 22.2. The van der Waals surface area contributed by atoms with Crippen LogP contribution >= 0.6 is 12.2 Å². The van der Waals surface area contributed by atoms with Crippen molar-refractivity contribution in [2.45, 2.75) is 39.2 Å². The van der Waals surface area contributed by atoms with Crippen LogP contribution < -0.4 is 16.2 Å². The van der Waals surface area contributed by atoms with Crippen LogP contribution in [0.15, 0.2) is 53.3 Å². The molecule has 1 heterocycles. The number of aromatic nitrogens is 2. The number of nitrogens with zero attached hydrogens (tertiary/aromatic N) is 1. The van der Waals surface area contributed by atoms with E-state index in [0.717, 1.165) is 18.4 Å². The molecule has 2 amide bonds. The van der Waals surface area contributed by atoms with Gasteiger partial charge in [-0.05, 0) is 62.3 Å². The van der Waals surface area contributed by atoms with Crippen molar-refractivity contribution >= 4 is 40.6 Å². The van der Waals surface area contributed by atoms with Crippen molar-refractivity contribution < 1.29 is 9.59 Å². The summed E-state index contributed by atoms with van der Waals surface area (Å²) >= 11 is 5.32. The summed E-state index contributed by atoms with van der Waals surface area (Å²) in [5, 5.41) is 6.18. The molecule has 0 atom stereocenters. The Balaban J connectivity index is 1.47. The van der Waals surface area contributed by atoms with Crippen LogP contribution in [0.2, 0.25) is 0 Å². The van der Waals surface area contributed by atoms with Crippen molar-refractivity contribution in [2.75, 3.05) is 11.9 Å². The van der Waals surface area contributed by atoms with E-state index in [1.807, 2.05) is 25.1 Å². The van der Waals surface area contributed by atoms with Gasteiger partial charge in [-0.1, -0.05) is 24.6 Å². The highest BCUT2D eigenvalue weighted by Crippen LogP contribution is 2.12. The first-order valence-corrected chi connectivity index (χ1v) is 10.8. The van der Waals surface area contributed by atoms with Crippen LogP contribution in [0.4, 0.5) is 5.69 Å². The molecule has 8 heteroatoms. The lowest BCUT2D eigenvalue weighted by molar-refractivity contribution is -0.116. The molecule has 0 aliphatic heterocycles. The van der Waals surface area contributed by atoms with Gasteiger partial charge in [0.15, 0.2) is 4.77 Å². The van der Waals surface area contributed by atoms with E-state index < -0.39 is 0 Å². The van der Waals surface area contributed by atoms with E-state index in [0.29, 0.717) is 47.3 Å². The molecule has 0 spiro atoms. The Kier molecular flexibility index (Phi) is 7.72. The fourth-order valence-corrected chi connectivity index (χ4v) is 3.64. The van der Waals surface area contributed by atoms with Gasteiger partial charge in [-0.2, -0.15) is 0 Å². The summed E-state index contributed by atoms with van der Waals surface area (Å²) in [6, 6.07) is 14.2. The molecule has 3 aromatic rings. The van der Waals surface area contributed by atoms with E-state index in [9.17, 15) is 14.4 Å². The van der Waals surface area contributed by atoms with E-state index in [2.05, 4.69) is 15.6 Å². The molecule has 162 valence electrons. The molecule has 0 aliphatic rings. The van der Waals surface area contributed by atoms with Crippen molar-refractivity contribution in [1.29, 1.82) is 0 Å². The maximum atomic E-state index is 12.6. The number of nitrogens with one attached hydrogen (secondary N) is 3. The Morgan fingerprint density at radius 2 is 1.87 bits per heavy atom. The average molecular weight is 439 g/mol. The number of hydrogen-bond acceptors (Lipinski definition) is 4. The monoisotopic (exact) mass is 438 g/mol. The predicted molar refractivity (Wildman–Crippen MR) is 125 cm³/mol. The second kappa shape index (κ2) is 10.7. The highest BCUT2D eigenvalue weighted by molar-refractivity contribution is 7.71. The quantitative estimate of drug-likeness (QED) is 0.347. The summed E-state index contributed by atoms with van der Waals surface area (Å²) in [5.41, 5.74) is 1.76. The molecule has 7 nitrogen and oxygen atoms in total. The molecule has 0 aliphatic carbocycles. The second-order valence-electron chi connectivity index (χ2n) is 7.23. The van der Waals surface area contributed by atoms with Gasteiger partial charge in [-0.3, -0.25) is 19.0 Å². The number of amides is 2. The fraction of sp³-hybridized carbons (Fsp3) is 0.304. The largest absolute Gasteiger partial charge is 0.352 e. The molecule has 0 saturated carbocycles. The van der Waals surface area contributed by atoms with Crippen molar-refractivity contribution in [2.24, 2.45) is 0 Å². The Hall–Kier alpha value is -3.26. The van der Waals surface area contributed by atoms with Crippen molar-refractivity contribution in [3.8, 4) is 0 Å². The van der Waals surface area contributed by atoms with Gasteiger partial charge in [0.25, 0.3) is 11.5 Å². The highest BCUT2D eigenvalue weighted by Gasteiger charge is 2.08. The first kappa shape index (κ1) is 22.4. The minimum absolute atomic E-state index is 0.0934. The molecule has 0 unspecified atom stereocenters. The first-order valence-electron chi connectivity index (χ1n) is 10.4. The normalized spacial score (nSPS) is 10.7. The summed E-state index contributed by atoms with van der Waals surface area (Å²) < 4.78 is 1.98. The van der Waals surface area contributed by atoms with Crippen molar-refractivity contribution in [1.82, 2.24) is 14.9 Å². The third kappa shape index (κ3) is 5.88. The maximum absolute atomic E-state index is 12.6. The van der Waals surface area contributed by atoms with Gasteiger partial charge in [0.05, 0.1) is 10.9 Å². The number of aromatic amines is 1. The van der Waals surface area contributed by atoms with Crippen LogP contribution in [0, 0.1) is 4.77 Å². The number of H-pyrrole nitrogens is 1. The lowest BCUT2D eigenvalue weighted by Crippen LogP contribution is -2.22. The molecule has 2 aromatic carbocycles. The van der Waals surface area contributed by atoms with E-state index in [1.54, 1.807) is 34.9 Å². The van der Waals surface area contributed by atoms with Crippen molar-refractivity contribution in [3.05, 3.63) is 69.2 Å². The van der Waals surface area contributed by atoms with Gasteiger partial charge >= 0.3 is 0 Å². The summed E-state index contributed by atoms with van der Waals surface area (Å²) in [5.74, 6) is -0.269. The number of carbonyl (C=O) groups excluding carboxylic acids is 2. The number of rotatable bonds is 9. The SMILES string of the molecule is CCNC(=O)c1cccc(NC(=O)CCCCCn2c(=S)[nH]c3ccccc3c2=O)c1. The van der Waals surface area contributed by atoms with Gasteiger partial charge in [0.1, 0.15) is 0 Å². The van der Waals surface area contributed by atoms with Crippen LogP contribution in [0.5, 0.6) is 0 Å². The van der Waals surface area contributed by atoms with Crippen molar-refractivity contribution in [3.63, 3.8) is 0 Å². The summed E-state index contributed by atoms with van der Waals surface area (Å²) in [7, 11) is 0. The van der Waals surface area contributed by atoms with Crippen LogP contribution in [0.3, 0.4) is 0 Å². The van der Waals surface area contributed by atoms with Gasteiger partial charge in [-0.25, -0.2) is 0 Å². The molecule has 0 fully saturated rings. The number of carbonyl (C=O) groups is 2. The topological polar surface area (TPSA) is 96.0 Å². The molecule has 3 rings (SSSR count). The van der Waals surface area contributed by atoms with Crippen LogP contribution in [-0.4, -0.2) is 27.9 Å².